The maximum Gasteiger partial charge on any atom is 0.246 e. The Morgan fingerprint density at radius 2 is 1.85 bits per heavy atom. The van der Waals surface area contributed by atoms with E-state index in [0.717, 1.165) is 24.8 Å². The predicted molar refractivity (Wildman–Crippen MR) is 101 cm³/mol. The van der Waals surface area contributed by atoms with Crippen molar-refractivity contribution in [3.63, 3.8) is 0 Å². The molecule has 1 aromatic carbocycles. The summed E-state index contributed by atoms with van der Waals surface area (Å²) in [7, 11) is 0. The van der Waals surface area contributed by atoms with E-state index in [2.05, 4.69) is 0 Å². The fraction of sp³-hybridized carbons (Fsp3) is 0.524. The van der Waals surface area contributed by atoms with Gasteiger partial charge < -0.3 is 14.9 Å². The van der Waals surface area contributed by atoms with E-state index in [4.69, 9.17) is 0 Å². The molecule has 1 N–H and O–H groups in total. The lowest BCUT2D eigenvalue weighted by molar-refractivity contribution is -0.134. The second-order valence-corrected chi connectivity index (χ2v) is 8.01. The number of piperidine rings is 1. The Balaban J connectivity index is 1.61. The molecule has 0 bridgehead atoms. The fourth-order valence-corrected chi connectivity index (χ4v) is 4.49. The summed E-state index contributed by atoms with van der Waals surface area (Å²) in [4.78, 5) is 28.2. The third-order valence-electron chi connectivity index (χ3n) is 5.98. The summed E-state index contributed by atoms with van der Waals surface area (Å²) in [6.45, 7) is 5.59. The highest BCUT2D eigenvalue weighted by Crippen LogP contribution is 2.47. The van der Waals surface area contributed by atoms with E-state index in [1.165, 1.54) is 0 Å². The SMILES string of the molecule is CC(=O)N1CC2(CCN(C(=O)/C=C/c3ccccc3)CC2)CC1(C)CO. The van der Waals surface area contributed by atoms with Gasteiger partial charge in [-0.3, -0.25) is 9.59 Å². The molecule has 2 heterocycles. The Morgan fingerprint density at radius 1 is 1.19 bits per heavy atom. The van der Waals surface area contributed by atoms with Crippen LogP contribution < -0.4 is 0 Å². The Labute approximate surface area is 155 Å². The number of aliphatic hydroxyl groups excluding tert-OH is 1. The minimum Gasteiger partial charge on any atom is -0.394 e. The van der Waals surface area contributed by atoms with Gasteiger partial charge in [0.25, 0.3) is 0 Å². The molecule has 5 nitrogen and oxygen atoms in total. The topological polar surface area (TPSA) is 60.9 Å². The molecule has 2 aliphatic rings. The van der Waals surface area contributed by atoms with E-state index >= 15 is 0 Å². The van der Waals surface area contributed by atoms with E-state index in [1.54, 1.807) is 13.0 Å². The van der Waals surface area contributed by atoms with E-state index in [9.17, 15) is 14.7 Å². The first-order valence-electron chi connectivity index (χ1n) is 9.29. The second-order valence-electron chi connectivity index (χ2n) is 8.01. The van der Waals surface area contributed by atoms with Crippen molar-refractivity contribution >= 4 is 17.9 Å². The van der Waals surface area contributed by atoms with E-state index in [0.29, 0.717) is 19.6 Å². The number of likely N-dealkylation sites (tertiary alicyclic amines) is 2. The molecule has 140 valence electrons. The summed E-state index contributed by atoms with van der Waals surface area (Å²) in [6.07, 6.45) is 6.04. The quantitative estimate of drug-likeness (QED) is 0.846. The van der Waals surface area contributed by atoms with Crippen molar-refractivity contribution in [2.45, 2.75) is 38.6 Å². The lowest BCUT2D eigenvalue weighted by Crippen LogP contribution is -2.46. The van der Waals surface area contributed by atoms with Gasteiger partial charge in [0.05, 0.1) is 12.1 Å². The van der Waals surface area contributed by atoms with Gasteiger partial charge in [0.1, 0.15) is 0 Å². The number of carbonyl (C=O) groups is 2. The summed E-state index contributed by atoms with van der Waals surface area (Å²) < 4.78 is 0. The summed E-state index contributed by atoms with van der Waals surface area (Å²) >= 11 is 0. The number of nitrogens with zero attached hydrogens (tertiary/aromatic N) is 2. The number of carbonyl (C=O) groups excluding carboxylic acids is 2. The number of hydrogen-bond donors (Lipinski definition) is 1. The van der Waals surface area contributed by atoms with Gasteiger partial charge >= 0.3 is 0 Å². The molecule has 0 aliphatic carbocycles. The zero-order chi connectivity index (χ0) is 18.8. The van der Waals surface area contributed by atoms with Gasteiger partial charge in [-0.15, -0.1) is 0 Å². The van der Waals surface area contributed by atoms with Crippen molar-refractivity contribution in [2.75, 3.05) is 26.2 Å². The van der Waals surface area contributed by atoms with Gasteiger partial charge in [-0.2, -0.15) is 0 Å². The summed E-state index contributed by atoms with van der Waals surface area (Å²) in [5.74, 6) is 0.0535. The number of rotatable bonds is 3. The number of aliphatic hydroxyl groups is 1. The first kappa shape index (κ1) is 18.6. The van der Waals surface area contributed by atoms with Gasteiger partial charge in [-0.1, -0.05) is 30.3 Å². The Morgan fingerprint density at radius 3 is 2.38 bits per heavy atom. The maximum absolute atomic E-state index is 12.5. The smallest absolute Gasteiger partial charge is 0.246 e. The molecule has 5 heteroatoms. The van der Waals surface area contributed by atoms with Gasteiger partial charge in [0.2, 0.25) is 11.8 Å². The Kier molecular flexibility index (Phi) is 5.19. The molecule has 2 aliphatic heterocycles. The molecule has 0 saturated carbocycles. The van der Waals surface area contributed by atoms with Crippen LogP contribution in [0.1, 0.15) is 38.7 Å². The number of amides is 2. The number of benzene rings is 1. The molecular weight excluding hydrogens is 328 g/mol. The molecule has 0 aromatic heterocycles. The predicted octanol–water partition coefficient (Wildman–Crippen LogP) is 2.31. The van der Waals surface area contributed by atoms with Crippen molar-refractivity contribution in [2.24, 2.45) is 5.41 Å². The maximum atomic E-state index is 12.5. The van der Waals surface area contributed by atoms with Crippen LogP contribution in [0.25, 0.3) is 6.08 Å². The van der Waals surface area contributed by atoms with Crippen LogP contribution in [0.4, 0.5) is 0 Å². The highest BCUT2D eigenvalue weighted by atomic mass is 16.3. The minimum absolute atomic E-state index is 0.0164. The normalized spacial score (nSPS) is 25.2. The molecule has 2 saturated heterocycles. The Bertz CT molecular complexity index is 692. The molecule has 2 fully saturated rings. The third-order valence-corrected chi connectivity index (χ3v) is 5.98. The van der Waals surface area contributed by atoms with E-state index in [1.807, 2.05) is 53.1 Å². The largest absolute Gasteiger partial charge is 0.394 e. The average Bonchev–Trinajstić information content (AvgIpc) is 2.94. The van der Waals surface area contributed by atoms with Crippen LogP contribution in [0.3, 0.4) is 0 Å². The molecule has 0 radical (unpaired) electrons. The standard InChI is InChI=1S/C21H28N2O3/c1-17(25)23-15-21(14-20(23,2)16-24)10-12-22(13-11-21)19(26)9-8-18-6-4-3-5-7-18/h3-9,24H,10-16H2,1-2H3/b9-8+. The van der Waals surface area contributed by atoms with Crippen LogP contribution in [-0.2, 0) is 9.59 Å². The van der Waals surface area contributed by atoms with Gasteiger partial charge in [-0.05, 0) is 43.2 Å². The molecule has 2 amide bonds. The molecule has 3 rings (SSSR count). The third kappa shape index (κ3) is 3.68. The monoisotopic (exact) mass is 356 g/mol. The van der Waals surface area contributed by atoms with Crippen LogP contribution in [0.2, 0.25) is 0 Å². The molecule has 1 atom stereocenters. The number of hydrogen-bond acceptors (Lipinski definition) is 3. The van der Waals surface area contributed by atoms with Crippen LogP contribution in [0.15, 0.2) is 36.4 Å². The van der Waals surface area contributed by atoms with E-state index in [-0.39, 0.29) is 23.8 Å². The molecule has 1 unspecified atom stereocenters. The van der Waals surface area contributed by atoms with Crippen LogP contribution >= 0.6 is 0 Å². The van der Waals surface area contributed by atoms with Crippen LogP contribution in [-0.4, -0.2) is 58.5 Å². The van der Waals surface area contributed by atoms with Gasteiger partial charge in [0, 0.05) is 32.6 Å². The molecule has 1 aromatic rings. The van der Waals surface area contributed by atoms with Crippen molar-refractivity contribution in [1.82, 2.24) is 9.80 Å². The highest BCUT2D eigenvalue weighted by Gasteiger charge is 2.52. The summed E-state index contributed by atoms with van der Waals surface area (Å²) in [6, 6.07) is 9.80. The molecular formula is C21H28N2O3. The lowest BCUT2D eigenvalue weighted by Gasteiger charge is -2.39. The lowest BCUT2D eigenvalue weighted by atomic mass is 9.74. The summed E-state index contributed by atoms with van der Waals surface area (Å²) in [5, 5.41) is 9.81. The van der Waals surface area contributed by atoms with Gasteiger partial charge in [0.15, 0.2) is 0 Å². The minimum atomic E-state index is -0.481. The first-order chi connectivity index (χ1) is 12.4. The average molecular weight is 356 g/mol. The van der Waals surface area contributed by atoms with Crippen molar-refractivity contribution in [3.8, 4) is 0 Å². The van der Waals surface area contributed by atoms with Crippen molar-refractivity contribution in [1.29, 1.82) is 0 Å². The van der Waals surface area contributed by atoms with Crippen molar-refractivity contribution < 1.29 is 14.7 Å². The van der Waals surface area contributed by atoms with Crippen molar-refractivity contribution in [3.05, 3.63) is 42.0 Å². The Hall–Kier alpha value is -2.14. The zero-order valence-electron chi connectivity index (χ0n) is 15.6. The molecule has 26 heavy (non-hydrogen) atoms. The van der Waals surface area contributed by atoms with Gasteiger partial charge in [-0.25, -0.2) is 0 Å². The van der Waals surface area contributed by atoms with Crippen LogP contribution in [0, 0.1) is 5.41 Å². The zero-order valence-corrected chi connectivity index (χ0v) is 15.6. The second kappa shape index (κ2) is 7.23. The van der Waals surface area contributed by atoms with E-state index < -0.39 is 5.54 Å². The first-order valence-corrected chi connectivity index (χ1v) is 9.29. The highest BCUT2D eigenvalue weighted by molar-refractivity contribution is 5.91. The molecule has 1 spiro atoms. The fourth-order valence-electron chi connectivity index (χ4n) is 4.49. The summed E-state index contributed by atoms with van der Waals surface area (Å²) in [5.41, 5.74) is 0.551. The van der Waals surface area contributed by atoms with Crippen LogP contribution in [0.5, 0.6) is 0 Å².